The van der Waals surface area contributed by atoms with Gasteiger partial charge in [-0.1, -0.05) is 6.07 Å². The zero-order valence-corrected chi connectivity index (χ0v) is 15.7. The molecule has 2 aliphatic heterocycles. The number of anilines is 1. The summed E-state index contributed by atoms with van der Waals surface area (Å²) in [5.41, 5.74) is 0.589. The molecule has 0 aliphatic carbocycles. The maximum atomic E-state index is 12.6. The average molecular weight is 401 g/mol. The van der Waals surface area contributed by atoms with Gasteiger partial charge in [-0.05, 0) is 31.4 Å². The molecule has 6 nitrogen and oxygen atoms in total. The lowest BCUT2D eigenvalue weighted by atomic mass is 10.2. The molecule has 0 bridgehead atoms. The monoisotopic (exact) mass is 401 g/mol. The molecule has 2 amide bonds. The van der Waals surface area contributed by atoms with E-state index in [9.17, 15) is 18.0 Å². The Morgan fingerprint density at radius 3 is 2.82 bits per heavy atom. The van der Waals surface area contributed by atoms with Crippen molar-refractivity contribution in [2.45, 2.75) is 31.5 Å². The van der Waals surface area contributed by atoms with Crippen LogP contribution in [0.15, 0.2) is 24.3 Å². The molecule has 1 aromatic carbocycles. The number of nitrogens with zero attached hydrogens (tertiary/aromatic N) is 2. The second-order valence-corrected chi connectivity index (χ2v) is 7.14. The summed E-state index contributed by atoms with van der Waals surface area (Å²) < 4.78 is 48.9. The number of carbonyl (C=O) groups excluding carboxylic acids is 1. The number of urea groups is 1. The van der Waals surface area contributed by atoms with Crippen molar-refractivity contribution in [3.05, 3.63) is 24.3 Å². The van der Waals surface area contributed by atoms with Crippen LogP contribution in [-0.4, -0.2) is 74.0 Å². The number of ether oxygens (including phenoxy) is 2. The smallest absolute Gasteiger partial charge is 0.401 e. The summed E-state index contributed by atoms with van der Waals surface area (Å²) in [4.78, 5) is 15.4. The molecule has 3 rings (SSSR count). The Labute approximate surface area is 162 Å². The van der Waals surface area contributed by atoms with Gasteiger partial charge in [0.2, 0.25) is 0 Å². The fourth-order valence-electron chi connectivity index (χ4n) is 3.42. The van der Waals surface area contributed by atoms with Crippen molar-refractivity contribution in [3.8, 4) is 5.75 Å². The lowest BCUT2D eigenvalue weighted by Crippen LogP contribution is -2.40. The normalized spacial score (nSPS) is 21.4. The van der Waals surface area contributed by atoms with E-state index < -0.39 is 12.7 Å². The fourth-order valence-corrected chi connectivity index (χ4v) is 3.42. The SMILES string of the molecule is O=C(Nc1cccc(OCC2CCCO2)c1)N1CCCN(CC(F)(F)F)CC1. The van der Waals surface area contributed by atoms with E-state index >= 15 is 0 Å². The third-order valence-electron chi connectivity index (χ3n) is 4.82. The number of rotatable bonds is 5. The molecule has 1 unspecified atom stereocenters. The van der Waals surface area contributed by atoms with E-state index in [-0.39, 0.29) is 25.2 Å². The van der Waals surface area contributed by atoms with Crippen LogP contribution in [0, 0.1) is 0 Å². The number of amides is 2. The van der Waals surface area contributed by atoms with E-state index in [0.717, 1.165) is 19.4 Å². The second-order valence-electron chi connectivity index (χ2n) is 7.14. The maximum Gasteiger partial charge on any atom is 0.401 e. The van der Waals surface area contributed by atoms with E-state index in [4.69, 9.17) is 9.47 Å². The van der Waals surface area contributed by atoms with Crippen molar-refractivity contribution < 1.29 is 27.4 Å². The highest BCUT2D eigenvalue weighted by molar-refractivity contribution is 5.89. The van der Waals surface area contributed by atoms with E-state index in [1.165, 1.54) is 4.90 Å². The molecule has 0 radical (unpaired) electrons. The average Bonchev–Trinajstić information content (AvgIpc) is 3.05. The highest BCUT2D eigenvalue weighted by atomic mass is 19.4. The first-order valence-electron chi connectivity index (χ1n) is 9.58. The molecule has 0 saturated carbocycles. The maximum absolute atomic E-state index is 12.6. The van der Waals surface area contributed by atoms with Crippen LogP contribution in [0.25, 0.3) is 0 Å². The molecule has 2 heterocycles. The van der Waals surface area contributed by atoms with Crippen molar-refractivity contribution in [1.82, 2.24) is 9.80 Å². The van der Waals surface area contributed by atoms with Gasteiger partial charge in [-0.15, -0.1) is 0 Å². The van der Waals surface area contributed by atoms with Gasteiger partial charge in [-0.25, -0.2) is 4.79 Å². The number of hydrogen-bond donors (Lipinski definition) is 1. The zero-order chi connectivity index (χ0) is 20.0. The minimum Gasteiger partial charge on any atom is -0.491 e. The fraction of sp³-hybridized carbons (Fsp3) is 0.632. The van der Waals surface area contributed by atoms with E-state index in [2.05, 4.69) is 5.32 Å². The number of benzene rings is 1. The van der Waals surface area contributed by atoms with Crippen LogP contribution < -0.4 is 10.1 Å². The van der Waals surface area contributed by atoms with E-state index in [1.54, 1.807) is 23.1 Å². The van der Waals surface area contributed by atoms with Crippen LogP contribution in [0.5, 0.6) is 5.75 Å². The Kier molecular flexibility index (Phi) is 7.01. The second kappa shape index (κ2) is 9.47. The topological polar surface area (TPSA) is 54.0 Å². The lowest BCUT2D eigenvalue weighted by Gasteiger charge is -2.23. The van der Waals surface area contributed by atoms with Crippen LogP contribution in [0.2, 0.25) is 0 Å². The molecule has 1 atom stereocenters. The van der Waals surface area contributed by atoms with Gasteiger partial charge in [0.1, 0.15) is 12.4 Å². The molecule has 0 spiro atoms. The molecule has 28 heavy (non-hydrogen) atoms. The van der Waals surface area contributed by atoms with Crippen LogP contribution in [0.1, 0.15) is 19.3 Å². The molecule has 1 N–H and O–H groups in total. The predicted molar refractivity (Wildman–Crippen MR) is 98.6 cm³/mol. The van der Waals surface area contributed by atoms with Crippen LogP contribution >= 0.6 is 0 Å². The standard InChI is InChI=1S/C19H26F3N3O3/c20-19(21,22)14-24-7-3-8-25(10-9-24)18(26)23-15-4-1-5-16(12-15)28-13-17-6-2-11-27-17/h1,4-5,12,17H,2-3,6-11,13-14H2,(H,23,26). The van der Waals surface area contributed by atoms with Gasteiger partial charge in [-0.3, -0.25) is 4.90 Å². The summed E-state index contributed by atoms with van der Waals surface area (Å²) in [6, 6.07) is 6.77. The Balaban J connectivity index is 1.49. The van der Waals surface area contributed by atoms with Gasteiger partial charge in [0.05, 0.1) is 12.6 Å². The first kappa shape index (κ1) is 20.7. The van der Waals surface area contributed by atoms with Crippen LogP contribution in [0.4, 0.5) is 23.7 Å². The summed E-state index contributed by atoms with van der Waals surface area (Å²) in [6.07, 6.45) is -1.58. The molecule has 156 valence electrons. The molecule has 2 fully saturated rings. The third-order valence-corrected chi connectivity index (χ3v) is 4.82. The predicted octanol–water partition coefficient (Wildman–Crippen LogP) is 3.35. The number of hydrogen-bond acceptors (Lipinski definition) is 4. The minimum atomic E-state index is -4.22. The summed E-state index contributed by atoms with van der Waals surface area (Å²) in [6.45, 7) is 1.52. The third kappa shape index (κ3) is 6.56. The summed E-state index contributed by atoms with van der Waals surface area (Å²) in [7, 11) is 0. The van der Waals surface area contributed by atoms with E-state index in [0.29, 0.717) is 37.6 Å². The van der Waals surface area contributed by atoms with Gasteiger partial charge >= 0.3 is 12.2 Å². The largest absolute Gasteiger partial charge is 0.491 e. The van der Waals surface area contributed by atoms with Crippen LogP contribution in [-0.2, 0) is 4.74 Å². The molecular weight excluding hydrogens is 375 g/mol. The minimum absolute atomic E-state index is 0.106. The Morgan fingerprint density at radius 2 is 2.07 bits per heavy atom. The first-order valence-corrected chi connectivity index (χ1v) is 9.58. The molecule has 0 aromatic heterocycles. The molecule has 2 saturated heterocycles. The van der Waals surface area contributed by atoms with Crippen molar-refractivity contribution in [2.75, 3.05) is 51.3 Å². The van der Waals surface area contributed by atoms with Crippen molar-refractivity contribution in [2.24, 2.45) is 0 Å². The van der Waals surface area contributed by atoms with E-state index in [1.807, 2.05) is 6.07 Å². The molecule has 9 heteroatoms. The molecule has 1 aromatic rings. The highest BCUT2D eigenvalue weighted by Crippen LogP contribution is 2.21. The molecular formula is C19H26F3N3O3. The quantitative estimate of drug-likeness (QED) is 0.822. The summed E-state index contributed by atoms with van der Waals surface area (Å²) >= 11 is 0. The zero-order valence-electron chi connectivity index (χ0n) is 15.7. The van der Waals surface area contributed by atoms with Crippen molar-refractivity contribution >= 4 is 11.7 Å². The first-order chi connectivity index (χ1) is 13.4. The van der Waals surface area contributed by atoms with Gasteiger partial charge in [0.15, 0.2) is 0 Å². The van der Waals surface area contributed by atoms with Gasteiger partial charge in [-0.2, -0.15) is 13.2 Å². The number of halogens is 3. The number of nitrogens with one attached hydrogen (secondary N) is 1. The van der Waals surface area contributed by atoms with Gasteiger partial charge in [0, 0.05) is 44.5 Å². The summed E-state index contributed by atoms with van der Waals surface area (Å²) in [5.74, 6) is 0.639. The Hall–Kier alpha value is -2.00. The molecule has 2 aliphatic rings. The van der Waals surface area contributed by atoms with Crippen molar-refractivity contribution in [3.63, 3.8) is 0 Å². The Morgan fingerprint density at radius 1 is 1.21 bits per heavy atom. The van der Waals surface area contributed by atoms with Crippen LogP contribution in [0.3, 0.4) is 0 Å². The highest BCUT2D eigenvalue weighted by Gasteiger charge is 2.31. The van der Waals surface area contributed by atoms with Gasteiger partial charge < -0.3 is 19.7 Å². The van der Waals surface area contributed by atoms with Gasteiger partial charge in [0.25, 0.3) is 0 Å². The Bertz CT molecular complexity index is 651. The lowest BCUT2D eigenvalue weighted by molar-refractivity contribution is -0.145. The van der Waals surface area contributed by atoms with Crippen molar-refractivity contribution in [1.29, 1.82) is 0 Å². The number of alkyl halides is 3. The number of carbonyl (C=O) groups is 1. The summed E-state index contributed by atoms with van der Waals surface area (Å²) in [5, 5.41) is 2.81.